The summed E-state index contributed by atoms with van der Waals surface area (Å²) in [6, 6.07) is 2.69. The molecule has 3 atom stereocenters. The predicted molar refractivity (Wildman–Crippen MR) is 102 cm³/mol. The third kappa shape index (κ3) is 3.58. The van der Waals surface area contributed by atoms with Crippen LogP contribution in [-0.4, -0.2) is 46.4 Å². The number of nitrogens with two attached hydrogens (primary N) is 1. The van der Waals surface area contributed by atoms with Crippen molar-refractivity contribution in [3.63, 3.8) is 0 Å². The summed E-state index contributed by atoms with van der Waals surface area (Å²) in [5, 5.41) is 3.49. The van der Waals surface area contributed by atoms with Crippen molar-refractivity contribution in [2.45, 2.75) is 56.8 Å². The largest absolute Gasteiger partial charge is 0.370 e. The third-order valence-electron chi connectivity index (χ3n) is 5.67. The first kappa shape index (κ1) is 20.4. The van der Waals surface area contributed by atoms with Crippen molar-refractivity contribution in [3.8, 4) is 0 Å². The second kappa shape index (κ2) is 7.42. The molecule has 4 rings (SSSR count). The topological polar surface area (TPSA) is 90.5 Å². The first-order valence-corrected chi connectivity index (χ1v) is 11.0. The van der Waals surface area contributed by atoms with Crippen molar-refractivity contribution >= 4 is 10.0 Å². The standard InChI is InChI=1S/C19H24F2N4O3S/c1-11(2)29(26,27)25-18-9-24(8-12(18)7-23-25)14-6-17(22)19(28-10-14)15-5-13(20)3-4-16(15)21/h3-5,7,11,14,17,19H,6,8-10,22H2,1-2H3/t14-,17+,19-/m1/s1. The summed E-state index contributed by atoms with van der Waals surface area (Å²) >= 11 is 0. The van der Waals surface area contributed by atoms with E-state index in [9.17, 15) is 17.2 Å². The summed E-state index contributed by atoms with van der Waals surface area (Å²) in [6.07, 6.45) is 1.39. The lowest BCUT2D eigenvalue weighted by Crippen LogP contribution is -2.48. The molecule has 29 heavy (non-hydrogen) atoms. The minimum atomic E-state index is -3.53. The van der Waals surface area contributed by atoms with E-state index in [1.807, 2.05) is 0 Å². The van der Waals surface area contributed by atoms with Crippen LogP contribution in [-0.2, 0) is 27.8 Å². The Labute approximate surface area is 168 Å². The van der Waals surface area contributed by atoms with E-state index in [1.54, 1.807) is 20.0 Å². The van der Waals surface area contributed by atoms with Gasteiger partial charge in [0.2, 0.25) is 0 Å². The van der Waals surface area contributed by atoms with E-state index in [1.165, 1.54) is 0 Å². The van der Waals surface area contributed by atoms with Crippen molar-refractivity contribution in [2.24, 2.45) is 5.73 Å². The van der Waals surface area contributed by atoms with Crippen LogP contribution in [0.2, 0.25) is 0 Å². The van der Waals surface area contributed by atoms with Gasteiger partial charge in [0.1, 0.15) is 17.7 Å². The number of hydrogen-bond acceptors (Lipinski definition) is 6. The highest BCUT2D eigenvalue weighted by molar-refractivity contribution is 7.90. The van der Waals surface area contributed by atoms with E-state index >= 15 is 0 Å². The molecule has 0 amide bonds. The van der Waals surface area contributed by atoms with E-state index in [2.05, 4.69) is 10.00 Å². The molecule has 7 nitrogen and oxygen atoms in total. The summed E-state index contributed by atoms with van der Waals surface area (Å²) in [5.41, 5.74) is 7.90. The second-order valence-corrected chi connectivity index (χ2v) is 10.2. The highest BCUT2D eigenvalue weighted by Gasteiger charge is 2.38. The molecule has 0 bridgehead atoms. The number of aromatic nitrogens is 2. The number of ether oxygens (including phenoxy) is 1. The van der Waals surface area contributed by atoms with Gasteiger partial charge in [-0.25, -0.2) is 17.2 Å². The van der Waals surface area contributed by atoms with Crippen molar-refractivity contribution in [1.29, 1.82) is 0 Å². The molecule has 0 spiro atoms. The SMILES string of the molecule is CC(C)S(=O)(=O)n1ncc2c1CN([C@H]1CO[C@H](c3cc(F)ccc3F)[C@@H](N)C1)C2. The van der Waals surface area contributed by atoms with E-state index in [0.717, 1.165) is 27.8 Å². The Morgan fingerprint density at radius 3 is 2.72 bits per heavy atom. The number of benzene rings is 1. The molecular weight excluding hydrogens is 402 g/mol. The maximum Gasteiger partial charge on any atom is 0.256 e. The maximum atomic E-state index is 14.1. The lowest BCUT2D eigenvalue weighted by Gasteiger charge is -2.38. The molecule has 0 aliphatic carbocycles. The van der Waals surface area contributed by atoms with Gasteiger partial charge >= 0.3 is 0 Å². The lowest BCUT2D eigenvalue weighted by atomic mass is 9.93. The van der Waals surface area contributed by atoms with Gasteiger partial charge in [0.25, 0.3) is 10.0 Å². The van der Waals surface area contributed by atoms with Crippen LogP contribution in [0, 0.1) is 11.6 Å². The lowest BCUT2D eigenvalue weighted by molar-refractivity contribution is -0.0533. The van der Waals surface area contributed by atoms with E-state index in [4.69, 9.17) is 10.5 Å². The Kier molecular flexibility index (Phi) is 5.22. The normalized spacial score (nSPS) is 25.5. The quantitative estimate of drug-likeness (QED) is 0.803. The highest BCUT2D eigenvalue weighted by atomic mass is 32.2. The fourth-order valence-electron chi connectivity index (χ4n) is 3.98. The number of fused-ring (bicyclic) bond motifs is 1. The smallest absolute Gasteiger partial charge is 0.256 e. The Hall–Kier alpha value is -1.88. The number of hydrogen-bond donors (Lipinski definition) is 1. The highest BCUT2D eigenvalue weighted by Crippen LogP contribution is 2.34. The number of rotatable bonds is 4. The van der Waals surface area contributed by atoms with Crippen LogP contribution in [0.5, 0.6) is 0 Å². The summed E-state index contributed by atoms with van der Waals surface area (Å²) < 4.78 is 59.6. The van der Waals surface area contributed by atoms with Crippen molar-refractivity contribution in [3.05, 3.63) is 52.9 Å². The average molecular weight is 426 g/mol. The predicted octanol–water partition coefficient (Wildman–Crippen LogP) is 1.92. The molecule has 1 aromatic heterocycles. The number of nitrogens with zero attached hydrogens (tertiary/aromatic N) is 3. The third-order valence-corrected chi connectivity index (χ3v) is 7.65. The van der Waals surface area contributed by atoms with Gasteiger partial charge in [-0.3, -0.25) is 4.90 Å². The summed E-state index contributed by atoms with van der Waals surface area (Å²) in [6.45, 7) is 4.50. The molecule has 0 radical (unpaired) electrons. The Morgan fingerprint density at radius 1 is 1.28 bits per heavy atom. The van der Waals surface area contributed by atoms with Gasteiger partial charge in [-0.05, 0) is 38.5 Å². The maximum absolute atomic E-state index is 14.1. The molecule has 10 heteroatoms. The van der Waals surface area contributed by atoms with Crippen LogP contribution >= 0.6 is 0 Å². The van der Waals surface area contributed by atoms with Crippen molar-refractivity contribution < 1.29 is 21.9 Å². The molecule has 2 aliphatic rings. The molecule has 0 saturated carbocycles. The molecule has 3 heterocycles. The zero-order chi connectivity index (χ0) is 20.9. The zero-order valence-electron chi connectivity index (χ0n) is 16.3. The average Bonchev–Trinajstić information content (AvgIpc) is 3.24. The fourth-order valence-corrected chi connectivity index (χ4v) is 5.04. The summed E-state index contributed by atoms with van der Waals surface area (Å²) in [4.78, 5) is 2.09. The monoisotopic (exact) mass is 426 g/mol. The molecule has 1 aromatic carbocycles. The van der Waals surface area contributed by atoms with Crippen LogP contribution in [0.25, 0.3) is 0 Å². The first-order valence-electron chi connectivity index (χ1n) is 9.55. The Balaban J connectivity index is 1.48. The number of halogens is 2. The molecule has 1 saturated heterocycles. The van der Waals surface area contributed by atoms with E-state index in [-0.39, 0.29) is 11.6 Å². The molecule has 1 fully saturated rings. The van der Waals surface area contributed by atoms with Gasteiger partial charge in [0.05, 0.1) is 23.7 Å². The summed E-state index contributed by atoms with van der Waals surface area (Å²) in [5.74, 6) is -1.08. The molecule has 2 N–H and O–H groups in total. The van der Waals surface area contributed by atoms with Gasteiger partial charge in [0, 0.05) is 36.3 Å². The molecular formula is C19H24F2N4O3S. The van der Waals surface area contributed by atoms with Gasteiger partial charge in [-0.15, -0.1) is 0 Å². The van der Waals surface area contributed by atoms with Crippen LogP contribution in [0.1, 0.15) is 43.2 Å². The van der Waals surface area contributed by atoms with E-state index in [0.29, 0.717) is 31.8 Å². The van der Waals surface area contributed by atoms with Gasteiger partial charge in [-0.1, -0.05) is 0 Å². The van der Waals surface area contributed by atoms with Crippen molar-refractivity contribution in [1.82, 2.24) is 14.1 Å². The van der Waals surface area contributed by atoms with Crippen molar-refractivity contribution in [2.75, 3.05) is 6.61 Å². The van der Waals surface area contributed by atoms with Crippen LogP contribution < -0.4 is 5.73 Å². The van der Waals surface area contributed by atoms with Crippen LogP contribution in [0.15, 0.2) is 24.4 Å². The van der Waals surface area contributed by atoms with Crippen LogP contribution in [0.3, 0.4) is 0 Å². The summed E-state index contributed by atoms with van der Waals surface area (Å²) in [7, 11) is -3.53. The first-order chi connectivity index (χ1) is 13.7. The van der Waals surface area contributed by atoms with Gasteiger partial charge in [-0.2, -0.15) is 9.19 Å². The molecule has 2 aromatic rings. The molecule has 0 unspecified atom stereocenters. The molecule has 158 valence electrons. The van der Waals surface area contributed by atoms with Crippen LogP contribution in [0.4, 0.5) is 8.78 Å². The minimum absolute atomic E-state index is 0.0551. The fraction of sp³-hybridized carbons (Fsp3) is 0.526. The Morgan fingerprint density at radius 2 is 2.03 bits per heavy atom. The Bertz CT molecular complexity index is 1020. The van der Waals surface area contributed by atoms with Gasteiger partial charge < -0.3 is 10.5 Å². The van der Waals surface area contributed by atoms with E-state index < -0.39 is 39.1 Å². The zero-order valence-corrected chi connectivity index (χ0v) is 17.1. The second-order valence-electron chi connectivity index (χ2n) is 7.93. The van der Waals surface area contributed by atoms with Gasteiger partial charge in [0.15, 0.2) is 0 Å². The minimum Gasteiger partial charge on any atom is -0.370 e. The molecule has 2 aliphatic heterocycles.